The lowest BCUT2D eigenvalue weighted by molar-refractivity contribution is 0.705. The second kappa shape index (κ2) is 6.60. The third-order valence-corrected chi connectivity index (χ3v) is 5.16. The van der Waals surface area contributed by atoms with Crippen molar-refractivity contribution in [2.75, 3.05) is 0 Å². The Bertz CT molecular complexity index is 1010. The maximum absolute atomic E-state index is 12.7. The van der Waals surface area contributed by atoms with Crippen molar-refractivity contribution >= 4 is 22.8 Å². The molecular formula is C17H18N4O2S. The van der Waals surface area contributed by atoms with Crippen LogP contribution in [0.4, 0.5) is 0 Å². The molecule has 0 saturated carbocycles. The van der Waals surface area contributed by atoms with Gasteiger partial charge in [0.05, 0.1) is 11.1 Å². The highest BCUT2D eigenvalue weighted by molar-refractivity contribution is 7.98. The van der Waals surface area contributed by atoms with Gasteiger partial charge in [-0.2, -0.15) is 0 Å². The summed E-state index contributed by atoms with van der Waals surface area (Å²) in [6, 6.07) is 5.77. The fraction of sp³-hybridized carbons (Fsp3) is 0.294. The first-order valence-corrected chi connectivity index (χ1v) is 8.63. The van der Waals surface area contributed by atoms with Gasteiger partial charge in [-0.3, -0.25) is 18.9 Å². The molecule has 0 atom stereocenters. The molecule has 0 unspecified atom stereocenters. The van der Waals surface area contributed by atoms with Crippen molar-refractivity contribution in [3.8, 4) is 0 Å². The van der Waals surface area contributed by atoms with Crippen LogP contribution in [-0.2, 0) is 26.3 Å². The minimum absolute atomic E-state index is 0.306. The van der Waals surface area contributed by atoms with Gasteiger partial charge in [0.1, 0.15) is 5.65 Å². The predicted molar refractivity (Wildman–Crippen MR) is 95.4 cm³/mol. The quantitative estimate of drug-likeness (QED) is 0.677. The molecule has 124 valence electrons. The molecule has 0 aliphatic carbocycles. The molecule has 6 nitrogen and oxygen atoms in total. The summed E-state index contributed by atoms with van der Waals surface area (Å²) in [4.78, 5) is 34.4. The van der Waals surface area contributed by atoms with Crippen molar-refractivity contribution in [3.63, 3.8) is 0 Å². The van der Waals surface area contributed by atoms with Crippen molar-refractivity contribution < 1.29 is 0 Å². The Morgan fingerprint density at radius 3 is 2.58 bits per heavy atom. The van der Waals surface area contributed by atoms with Gasteiger partial charge in [-0.25, -0.2) is 9.78 Å². The maximum Gasteiger partial charge on any atom is 0.332 e. The molecule has 3 aromatic rings. The lowest BCUT2D eigenvalue weighted by atomic mass is 10.2. The van der Waals surface area contributed by atoms with Crippen LogP contribution in [0.3, 0.4) is 0 Å². The Morgan fingerprint density at radius 1 is 1.12 bits per heavy atom. The smallest absolute Gasteiger partial charge is 0.280 e. The van der Waals surface area contributed by atoms with Gasteiger partial charge in [-0.1, -0.05) is 13.0 Å². The zero-order valence-electron chi connectivity index (χ0n) is 13.8. The summed E-state index contributed by atoms with van der Waals surface area (Å²) in [5.74, 6) is 0.652. The van der Waals surface area contributed by atoms with Gasteiger partial charge in [-0.15, -0.1) is 11.8 Å². The summed E-state index contributed by atoms with van der Waals surface area (Å²) >= 11 is 1.56. The van der Waals surface area contributed by atoms with Crippen molar-refractivity contribution in [1.82, 2.24) is 19.1 Å². The SMILES string of the molecule is CCc1cnc2c(c1SCc1ccccn1)c(=O)n(C)c(=O)n2C. The van der Waals surface area contributed by atoms with Crippen molar-refractivity contribution in [3.05, 3.63) is 62.7 Å². The van der Waals surface area contributed by atoms with Crippen LogP contribution in [0.5, 0.6) is 0 Å². The second-order valence-corrected chi connectivity index (χ2v) is 6.47. The Kier molecular flexibility index (Phi) is 4.53. The molecule has 0 aromatic carbocycles. The molecule has 0 saturated heterocycles. The molecule has 0 aliphatic heterocycles. The first-order valence-electron chi connectivity index (χ1n) is 7.65. The van der Waals surface area contributed by atoms with Gasteiger partial charge < -0.3 is 0 Å². The summed E-state index contributed by atoms with van der Waals surface area (Å²) in [7, 11) is 3.13. The van der Waals surface area contributed by atoms with E-state index in [4.69, 9.17) is 0 Å². The topological polar surface area (TPSA) is 69.8 Å². The van der Waals surface area contributed by atoms with E-state index >= 15 is 0 Å². The Labute approximate surface area is 143 Å². The fourth-order valence-corrected chi connectivity index (χ4v) is 3.76. The summed E-state index contributed by atoms with van der Waals surface area (Å²) in [6.07, 6.45) is 4.27. The fourth-order valence-electron chi connectivity index (χ4n) is 2.59. The number of rotatable bonds is 4. The van der Waals surface area contributed by atoms with Crippen LogP contribution < -0.4 is 11.2 Å². The number of hydrogen-bond acceptors (Lipinski definition) is 5. The molecule has 0 fully saturated rings. The number of aryl methyl sites for hydroxylation is 2. The van der Waals surface area contributed by atoms with Crippen LogP contribution in [0, 0.1) is 0 Å². The molecule has 0 spiro atoms. The van der Waals surface area contributed by atoms with Crippen LogP contribution in [0.2, 0.25) is 0 Å². The zero-order valence-corrected chi connectivity index (χ0v) is 14.6. The first-order chi connectivity index (χ1) is 11.5. The van der Waals surface area contributed by atoms with E-state index in [-0.39, 0.29) is 11.2 Å². The van der Waals surface area contributed by atoms with Crippen LogP contribution in [0.25, 0.3) is 11.0 Å². The van der Waals surface area contributed by atoms with Crippen molar-refractivity contribution in [1.29, 1.82) is 0 Å². The summed E-state index contributed by atoms with van der Waals surface area (Å²) in [6.45, 7) is 2.03. The lowest BCUT2D eigenvalue weighted by Crippen LogP contribution is -2.37. The molecule has 0 radical (unpaired) electrons. The van der Waals surface area contributed by atoms with E-state index in [9.17, 15) is 9.59 Å². The van der Waals surface area contributed by atoms with Gasteiger partial charge in [0.25, 0.3) is 5.56 Å². The van der Waals surface area contributed by atoms with Gasteiger partial charge in [0.2, 0.25) is 0 Å². The minimum atomic E-state index is -0.370. The zero-order chi connectivity index (χ0) is 17.3. The van der Waals surface area contributed by atoms with E-state index in [2.05, 4.69) is 9.97 Å². The molecule has 0 bridgehead atoms. The standard InChI is InChI=1S/C17H18N4O2S/c1-4-11-9-19-15-13(16(22)21(3)17(23)20(15)2)14(11)24-10-12-7-5-6-8-18-12/h5-9H,4,10H2,1-3H3. The highest BCUT2D eigenvalue weighted by atomic mass is 32.2. The third kappa shape index (κ3) is 2.75. The molecule has 0 N–H and O–H groups in total. The van der Waals surface area contributed by atoms with E-state index in [1.54, 1.807) is 31.2 Å². The summed E-state index contributed by atoms with van der Waals surface area (Å²) in [5, 5.41) is 0.500. The van der Waals surface area contributed by atoms with E-state index in [0.29, 0.717) is 16.8 Å². The molecule has 24 heavy (non-hydrogen) atoms. The van der Waals surface area contributed by atoms with Crippen LogP contribution >= 0.6 is 11.8 Å². The van der Waals surface area contributed by atoms with Gasteiger partial charge in [0.15, 0.2) is 0 Å². The normalized spacial score (nSPS) is 11.1. The summed E-state index contributed by atoms with van der Waals surface area (Å²) in [5.41, 5.74) is 1.68. The maximum atomic E-state index is 12.7. The van der Waals surface area contributed by atoms with Gasteiger partial charge in [0, 0.05) is 37.1 Å². The van der Waals surface area contributed by atoms with Gasteiger partial charge in [-0.05, 0) is 24.1 Å². The lowest BCUT2D eigenvalue weighted by Gasteiger charge is -2.13. The van der Waals surface area contributed by atoms with E-state index in [1.807, 2.05) is 25.1 Å². The van der Waals surface area contributed by atoms with Crippen LogP contribution in [0.15, 0.2) is 45.1 Å². The van der Waals surface area contributed by atoms with Crippen LogP contribution in [0.1, 0.15) is 18.2 Å². The van der Waals surface area contributed by atoms with Crippen molar-refractivity contribution in [2.45, 2.75) is 24.0 Å². The molecule has 0 aliphatic rings. The largest absolute Gasteiger partial charge is 0.332 e. The highest BCUT2D eigenvalue weighted by Crippen LogP contribution is 2.30. The number of hydrogen-bond donors (Lipinski definition) is 0. The average molecular weight is 342 g/mol. The molecular weight excluding hydrogens is 324 g/mol. The van der Waals surface area contributed by atoms with E-state index in [0.717, 1.165) is 27.1 Å². The van der Waals surface area contributed by atoms with E-state index < -0.39 is 0 Å². The number of fused-ring (bicyclic) bond motifs is 1. The number of aromatic nitrogens is 4. The number of nitrogens with zero attached hydrogens (tertiary/aromatic N) is 4. The summed E-state index contributed by atoms with van der Waals surface area (Å²) < 4.78 is 2.55. The first kappa shape index (κ1) is 16.4. The molecule has 7 heteroatoms. The third-order valence-electron chi connectivity index (χ3n) is 3.97. The van der Waals surface area contributed by atoms with E-state index in [1.165, 1.54) is 11.6 Å². The monoisotopic (exact) mass is 342 g/mol. The Hall–Kier alpha value is -2.41. The minimum Gasteiger partial charge on any atom is -0.280 e. The van der Waals surface area contributed by atoms with Crippen molar-refractivity contribution in [2.24, 2.45) is 14.1 Å². The molecule has 3 rings (SSSR count). The van der Waals surface area contributed by atoms with Crippen LogP contribution in [-0.4, -0.2) is 19.1 Å². The molecule has 0 amide bonds. The Morgan fingerprint density at radius 2 is 1.92 bits per heavy atom. The molecule has 3 aromatic heterocycles. The number of thioether (sulfide) groups is 1. The molecule has 3 heterocycles. The number of pyridine rings is 2. The van der Waals surface area contributed by atoms with Gasteiger partial charge >= 0.3 is 5.69 Å². The second-order valence-electron chi connectivity index (χ2n) is 5.48. The Balaban J connectivity index is 2.21. The predicted octanol–water partition coefficient (Wildman–Crippen LogP) is 1.88. The highest BCUT2D eigenvalue weighted by Gasteiger charge is 2.17. The average Bonchev–Trinajstić information content (AvgIpc) is 2.62.